The Morgan fingerprint density at radius 1 is 1.26 bits per heavy atom. The van der Waals surface area contributed by atoms with Crippen LogP contribution in [0.5, 0.6) is 0 Å². The Morgan fingerprint density at radius 2 is 2.00 bits per heavy atom. The van der Waals surface area contributed by atoms with Gasteiger partial charge >= 0.3 is 0 Å². The van der Waals surface area contributed by atoms with Gasteiger partial charge < -0.3 is 14.2 Å². The second-order valence-electron chi connectivity index (χ2n) is 8.44. The zero-order valence-electron chi connectivity index (χ0n) is 19.5. The summed E-state index contributed by atoms with van der Waals surface area (Å²) in [5.74, 6) is 1.21. The number of rotatable bonds is 6. The molecule has 0 saturated carbocycles. The van der Waals surface area contributed by atoms with E-state index in [2.05, 4.69) is 22.9 Å². The smallest absolute Gasteiger partial charge is 0.270 e. The lowest BCUT2D eigenvalue weighted by Gasteiger charge is -2.36. The minimum Gasteiger partial charge on any atom is -0.467 e. The molecule has 0 N–H and O–H groups in total. The van der Waals surface area contributed by atoms with E-state index < -0.39 is 0 Å². The number of amides is 1. The fourth-order valence-corrected chi connectivity index (χ4v) is 5.50. The summed E-state index contributed by atoms with van der Waals surface area (Å²) in [5.41, 5.74) is 1.15. The normalized spacial score (nSPS) is 18.2. The van der Waals surface area contributed by atoms with Crippen molar-refractivity contribution in [1.29, 1.82) is 5.26 Å². The summed E-state index contributed by atoms with van der Waals surface area (Å²) in [7, 11) is 2.08. The van der Waals surface area contributed by atoms with Gasteiger partial charge in [0.05, 0.1) is 17.7 Å². The number of nitriles is 1. The predicted octanol–water partition coefficient (Wildman–Crippen LogP) is 3.18. The minimum atomic E-state index is -0.279. The van der Waals surface area contributed by atoms with Gasteiger partial charge in [0.15, 0.2) is 0 Å². The quantitative estimate of drug-likeness (QED) is 0.444. The zero-order valence-corrected chi connectivity index (χ0v) is 21.2. The van der Waals surface area contributed by atoms with Gasteiger partial charge in [0.1, 0.15) is 27.5 Å². The molecule has 1 amide bonds. The molecule has 0 radical (unpaired) electrons. The van der Waals surface area contributed by atoms with Gasteiger partial charge in [-0.25, -0.2) is 0 Å². The number of pyridine rings is 1. The first-order valence-electron chi connectivity index (χ1n) is 11.2. The average Bonchev–Trinajstić information content (AvgIpc) is 3.42. The van der Waals surface area contributed by atoms with Crippen LogP contribution in [0.4, 0.5) is 5.82 Å². The van der Waals surface area contributed by atoms with Crippen molar-refractivity contribution in [3.8, 4) is 6.07 Å². The van der Waals surface area contributed by atoms with E-state index in [0.29, 0.717) is 27.1 Å². The van der Waals surface area contributed by atoms with Crippen molar-refractivity contribution in [2.24, 2.45) is 0 Å². The fourth-order valence-electron chi connectivity index (χ4n) is 4.26. The summed E-state index contributed by atoms with van der Waals surface area (Å²) < 4.78 is 7.54. The minimum absolute atomic E-state index is 0.114. The van der Waals surface area contributed by atoms with Crippen LogP contribution < -0.4 is 10.5 Å². The number of hydrogen-bond donors (Lipinski definition) is 0. The monoisotopic (exact) mass is 497 g/mol. The summed E-state index contributed by atoms with van der Waals surface area (Å²) in [5, 5.41) is 9.78. The molecule has 0 spiro atoms. The Balaban J connectivity index is 1.83. The molecule has 34 heavy (non-hydrogen) atoms. The lowest BCUT2D eigenvalue weighted by atomic mass is 10.0. The maximum atomic E-state index is 13.3. The second kappa shape index (κ2) is 10.2. The van der Waals surface area contributed by atoms with Gasteiger partial charge in [-0.15, -0.1) is 0 Å². The van der Waals surface area contributed by atoms with Gasteiger partial charge in [-0.2, -0.15) is 5.26 Å². The van der Waals surface area contributed by atoms with Crippen LogP contribution in [0, 0.1) is 18.3 Å². The van der Waals surface area contributed by atoms with Crippen molar-refractivity contribution >= 4 is 46.1 Å². The number of piperazine rings is 1. The van der Waals surface area contributed by atoms with Crippen molar-refractivity contribution in [2.45, 2.75) is 33.4 Å². The van der Waals surface area contributed by atoms with E-state index in [1.54, 1.807) is 36.0 Å². The standard InChI is InChI=1S/C24H27N5O3S2/c1-4-7-28-21(27-10-8-26(3)9-11-27)18(16(2)19(14-25)22(28)30)13-20-23(31)29(24(33)34-20)15-17-6-5-12-32-17/h5-6,12-13H,4,7-11,15H2,1-3H3/b20-13-. The molecule has 0 atom stereocenters. The molecule has 2 saturated heterocycles. The molecule has 4 rings (SSSR count). The largest absolute Gasteiger partial charge is 0.467 e. The van der Waals surface area contributed by atoms with Crippen molar-refractivity contribution in [1.82, 2.24) is 14.4 Å². The van der Waals surface area contributed by atoms with Crippen molar-refractivity contribution in [3.63, 3.8) is 0 Å². The molecule has 8 nitrogen and oxygen atoms in total. The molecule has 2 aromatic heterocycles. The topological polar surface area (TPSA) is 85.7 Å². The number of likely N-dealkylation sites (N-methyl/N-ethyl adjacent to an activating group) is 1. The summed E-state index contributed by atoms with van der Waals surface area (Å²) in [4.78, 5) is 32.9. The van der Waals surface area contributed by atoms with E-state index in [1.807, 2.05) is 6.92 Å². The molecule has 2 aliphatic rings. The van der Waals surface area contributed by atoms with Gasteiger partial charge in [-0.1, -0.05) is 30.9 Å². The number of nitrogens with zero attached hydrogens (tertiary/aromatic N) is 5. The van der Waals surface area contributed by atoms with E-state index >= 15 is 0 Å². The highest BCUT2D eigenvalue weighted by Crippen LogP contribution is 2.36. The lowest BCUT2D eigenvalue weighted by molar-refractivity contribution is -0.122. The number of hydrogen-bond acceptors (Lipinski definition) is 8. The molecular formula is C24H27N5O3S2. The van der Waals surface area contributed by atoms with Crippen LogP contribution in [-0.4, -0.2) is 57.8 Å². The number of carbonyl (C=O) groups is 1. The Morgan fingerprint density at radius 3 is 2.62 bits per heavy atom. The highest BCUT2D eigenvalue weighted by Gasteiger charge is 2.34. The molecule has 2 aromatic rings. The van der Waals surface area contributed by atoms with Crippen LogP contribution >= 0.6 is 24.0 Å². The van der Waals surface area contributed by atoms with Crippen LogP contribution in [0.2, 0.25) is 0 Å². The molecule has 0 bridgehead atoms. The van der Waals surface area contributed by atoms with Gasteiger partial charge in [-0.05, 0) is 44.2 Å². The Kier molecular flexibility index (Phi) is 7.26. The summed E-state index contributed by atoms with van der Waals surface area (Å²) in [6.07, 6.45) is 4.12. The number of thioether (sulfide) groups is 1. The van der Waals surface area contributed by atoms with Gasteiger partial charge in [0.25, 0.3) is 11.5 Å². The predicted molar refractivity (Wildman–Crippen MR) is 138 cm³/mol. The van der Waals surface area contributed by atoms with E-state index in [0.717, 1.165) is 44.0 Å². The number of anilines is 1. The third-order valence-corrected chi connectivity index (χ3v) is 7.52. The Labute approximate surface area is 208 Å². The van der Waals surface area contributed by atoms with Crippen molar-refractivity contribution < 1.29 is 9.21 Å². The van der Waals surface area contributed by atoms with Crippen LogP contribution in [0.1, 0.15) is 35.8 Å². The first kappa shape index (κ1) is 24.3. The number of furan rings is 1. The highest BCUT2D eigenvalue weighted by atomic mass is 32.2. The van der Waals surface area contributed by atoms with Crippen molar-refractivity contribution in [3.05, 3.63) is 56.1 Å². The van der Waals surface area contributed by atoms with Crippen LogP contribution in [0.15, 0.2) is 32.5 Å². The maximum absolute atomic E-state index is 13.3. The van der Waals surface area contributed by atoms with Gasteiger partial charge in [0.2, 0.25) is 0 Å². The SMILES string of the molecule is CCCn1c(N2CCN(C)CC2)c(/C=C2\SC(=S)N(Cc3ccco3)C2=O)c(C)c(C#N)c1=O. The van der Waals surface area contributed by atoms with Crippen molar-refractivity contribution in [2.75, 3.05) is 38.1 Å². The van der Waals surface area contributed by atoms with E-state index in [4.69, 9.17) is 16.6 Å². The van der Waals surface area contributed by atoms with E-state index in [9.17, 15) is 14.9 Å². The molecule has 0 unspecified atom stereocenters. The zero-order chi connectivity index (χ0) is 24.4. The van der Waals surface area contributed by atoms with Crippen LogP contribution in [0.3, 0.4) is 0 Å². The molecular weight excluding hydrogens is 470 g/mol. The molecule has 10 heteroatoms. The molecule has 0 aromatic carbocycles. The maximum Gasteiger partial charge on any atom is 0.270 e. The van der Waals surface area contributed by atoms with E-state index in [1.165, 1.54) is 16.7 Å². The fraction of sp³-hybridized carbons (Fsp3) is 0.417. The average molecular weight is 498 g/mol. The summed E-state index contributed by atoms with van der Waals surface area (Å²) in [6, 6.07) is 5.67. The number of aromatic nitrogens is 1. The molecule has 178 valence electrons. The van der Waals surface area contributed by atoms with Crippen LogP contribution in [0.25, 0.3) is 6.08 Å². The second-order valence-corrected chi connectivity index (χ2v) is 10.1. The Hall–Kier alpha value is -2.87. The first-order valence-corrected chi connectivity index (χ1v) is 12.5. The van der Waals surface area contributed by atoms with Crippen LogP contribution in [-0.2, 0) is 17.9 Å². The first-order chi connectivity index (χ1) is 16.3. The number of thiocarbonyl (C=S) groups is 1. The molecule has 4 heterocycles. The summed E-state index contributed by atoms with van der Waals surface area (Å²) in [6.45, 7) is 7.79. The van der Waals surface area contributed by atoms with E-state index in [-0.39, 0.29) is 23.6 Å². The molecule has 0 aliphatic carbocycles. The number of carbonyl (C=O) groups excluding carboxylic acids is 1. The highest BCUT2D eigenvalue weighted by molar-refractivity contribution is 8.26. The third kappa shape index (κ3) is 4.56. The Bertz CT molecular complexity index is 1230. The van der Waals surface area contributed by atoms with Gasteiger partial charge in [-0.3, -0.25) is 19.1 Å². The third-order valence-electron chi connectivity index (χ3n) is 6.14. The van der Waals surface area contributed by atoms with Gasteiger partial charge in [0, 0.05) is 38.3 Å². The molecule has 2 fully saturated rings. The lowest BCUT2D eigenvalue weighted by Crippen LogP contribution is -2.47. The summed E-state index contributed by atoms with van der Waals surface area (Å²) >= 11 is 6.72. The molecule has 2 aliphatic heterocycles.